The van der Waals surface area contributed by atoms with Crippen LogP contribution in [0.2, 0.25) is 0 Å². The average molecular weight is 479 g/mol. The molecule has 1 aliphatic heterocycles. The molecule has 1 fully saturated rings. The number of amides is 2. The van der Waals surface area contributed by atoms with Gasteiger partial charge in [-0.15, -0.1) is 0 Å². The van der Waals surface area contributed by atoms with E-state index in [1.165, 1.54) is 6.92 Å². The molecule has 35 heavy (non-hydrogen) atoms. The molecule has 0 radical (unpaired) electrons. The number of piperidine rings is 1. The Labute approximate surface area is 204 Å². The van der Waals surface area contributed by atoms with Crippen molar-refractivity contribution in [2.24, 2.45) is 0 Å². The highest BCUT2D eigenvalue weighted by atomic mass is 16.5. The monoisotopic (exact) mass is 478 g/mol. The van der Waals surface area contributed by atoms with Gasteiger partial charge in [-0.3, -0.25) is 9.59 Å². The number of carbonyl (C=O) groups is 2. The van der Waals surface area contributed by atoms with E-state index < -0.39 is 0 Å². The Morgan fingerprint density at radius 2 is 1.83 bits per heavy atom. The Morgan fingerprint density at radius 1 is 1.09 bits per heavy atom. The lowest BCUT2D eigenvalue weighted by atomic mass is 9.97. The van der Waals surface area contributed by atoms with Crippen molar-refractivity contribution in [2.75, 3.05) is 31.6 Å². The number of anilines is 1. The quantitative estimate of drug-likeness (QED) is 0.507. The lowest BCUT2D eigenvalue weighted by Crippen LogP contribution is -2.39. The molecule has 0 unspecified atom stereocenters. The molecule has 184 valence electrons. The van der Waals surface area contributed by atoms with Crippen LogP contribution in [-0.2, 0) is 4.79 Å². The third kappa shape index (κ3) is 5.79. The Kier molecular flexibility index (Phi) is 7.64. The van der Waals surface area contributed by atoms with Crippen molar-refractivity contribution in [1.29, 1.82) is 0 Å². The minimum atomic E-state index is -0.129. The molecule has 0 saturated carbocycles. The van der Waals surface area contributed by atoms with Gasteiger partial charge in [-0.25, -0.2) is 0 Å². The summed E-state index contributed by atoms with van der Waals surface area (Å²) in [5.41, 5.74) is 2.05. The molecular weight excluding hydrogens is 448 g/mol. The molecule has 1 atom stereocenters. The Bertz CT molecular complexity index is 1170. The molecular formula is C26H30N4O5. The third-order valence-electron chi connectivity index (χ3n) is 5.75. The summed E-state index contributed by atoms with van der Waals surface area (Å²) >= 11 is 0. The van der Waals surface area contributed by atoms with E-state index in [0.29, 0.717) is 60.8 Å². The van der Waals surface area contributed by atoms with Gasteiger partial charge in [0, 0.05) is 36.8 Å². The fraction of sp³-hybridized carbons (Fsp3) is 0.385. The van der Waals surface area contributed by atoms with Crippen molar-refractivity contribution < 1.29 is 23.6 Å². The highest BCUT2D eigenvalue weighted by Gasteiger charge is 2.29. The predicted octanol–water partition coefficient (Wildman–Crippen LogP) is 4.51. The van der Waals surface area contributed by atoms with Gasteiger partial charge < -0.3 is 24.2 Å². The summed E-state index contributed by atoms with van der Waals surface area (Å²) in [6.45, 7) is 7.44. The molecule has 2 aromatic carbocycles. The van der Waals surface area contributed by atoms with E-state index in [-0.39, 0.29) is 17.7 Å². The second kappa shape index (κ2) is 11.0. The largest absolute Gasteiger partial charge is 0.490 e. The second-order valence-corrected chi connectivity index (χ2v) is 8.33. The van der Waals surface area contributed by atoms with Crippen LogP contribution in [0.3, 0.4) is 0 Å². The maximum Gasteiger partial charge on any atom is 0.254 e. The summed E-state index contributed by atoms with van der Waals surface area (Å²) in [5, 5.41) is 6.87. The first-order valence-electron chi connectivity index (χ1n) is 11.9. The highest BCUT2D eigenvalue weighted by molar-refractivity contribution is 5.95. The van der Waals surface area contributed by atoms with E-state index in [1.807, 2.05) is 30.9 Å². The molecule has 2 amide bonds. The van der Waals surface area contributed by atoms with Crippen LogP contribution >= 0.6 is 0 Å². The minimum Gasteiger partial charge on any atom is -0.490 e. The number of nitrogens with one attached hydrogen (secondary N) is 1. The number of ether oxygens (including phenoxy) is 2. The first-order valence-corrected chi connectivity index (χ1v) is 11.9. The van der Waals surface area contributed by atoms with E-state index in [4.69, 9.17) is 14.0 Å². The van der Waals surface area contributed by atoms with Crippen LogP contribution in [0.15, 0.2) is 47.0 Å². The SMILES string of the molecule is CCOc1ccc(C(=O)N2CCC[C@H](c3nc(-c4ccc(NC(C)=O)cc4)no3)C2)cc1OCC. The van der Waals surface area contributed by atoms with Gasteiger partial charge in [-0.2, -0.15) is 4.98 Å². The molecule has 9 heteroatoms. The number of rotatable bonds is 8. The number of hydrogen-bond donors (Lipinski definition) is 1. The summed E-state index contributed by atoms with van der Waals surface area (Å²) < 4.78 is 16.9. The molecule has 1 aliphatic rings. The van der Waals surface area contributed by atoms with Crippen molar-refractivity contribution in [3.8, 4) is 22.9 Å². The predicted molar refractivity (Wildman–Crippen MR) is 131 cm³/mol. The van der Waals surface area contributed by atoms with Gasteiger partial charge in [0.15, 0.2) is 11.5 Å². The topological polar surface area (TPSA) is 107 Å². The summed E-state index contributed by atoms with van der Waals surface area (Å²) in [4.78, 5) is 30.9. The lowest BCUT2D eigenvalue weighted by molar-refractivity contribution is -0.114. The Balaban J connectivity index is 1.46. The van der Waals surface area contributed by atoms with Gasteiger partial charge in [0.25, 0.3) is 5.91 Å². The molecule has 4 rings (SSSR count). The fourth-order valence-electron chi connectivity index (χ4n) is 4.15. The van der Waals surface area contributed by atoms with Crippen LogP contribution in [0.25, 0.3) is 11.4 Å². The number of hydrogen-bond acceptors (Lipinski definition) is 7. The second-order valence-electron chi connectivity index (χ2n) is 8.33. The molecule has 0 bridgehead atoms. The van der Waals surface area contributed by atoms with Crippen molar-refractivity contribution in [1.82, 2.24) is 15.0 Å². The number of likely N-dealkylation sites (tertiary alicyclic amines) is 1. The molecule has 2 heterocycles. The zero-order chi connectivity index (χ0) is 24.8. The number of aromatic nitrogens is 2. The summed E-state index contributed by atoms with van der Waals surface area (Å²) in [6.07, 6.45) is 1.70. The number of nitrogens with zero attached hydrogens (tertiary/aromatic N) is 3. The summed E-state index contributed by atoms with van der Waals surface area (Å²) in [5.74, 6) is 1.96. The van der Waals surface area contributed by atoms with Gasteiger partial charge in [-0.1, -0.05) is 5.16 Å². The normalized spacial score (nSPS) is 15.5. The highest BCUT2D eigenvalue weighted by Crippen LogP contribution is 2.32. The zero-order valence-electron chi connectivity index (χ0n) is 20.2. The molecule has 1 N–H and O–H groups in total. The van der Waals surface area contributed by atoms with Crippen molar-refractivity contribution in [2.45, 2.75) is 39.5 Å². The maximum absolute atomic E-state index is 13.3. The molecule has 9 nitrogen and oxygen atoms in total. The third-order valence-corrected chi connectivity index (χ3v) is 5.75. The Morgan fingerprint density at radius 3 is 2.54 bits per heavy atom. The van der Waals surface area contributed by atoms with Crippen molar-refractivity contribution >= 4 is 17.5 Å². The zero-order valence-corrected chi connectivity index (χ0v) is 20.2. The van der Waals surface area contributed by atoms with E-state index >= 15 is 0 Å². The number of carbonyl (C=O) groups excluding carboxylic acids is 2. The first-order chi connectivity index (χ1) is 17.0. The fourth-order valence-corrected chi connectivity index (χ4v) is 4.15. The average Bonchev–Trinajstić information content (AvgIpc) is 3.36. The van der Waals surface area contributed by atoms with Crippen LogP contribution < -0.4 is 14.8 Å². The lowest BCUT2D eigenvalue weighted by Gasteiger charge is -2.31. The van der Waals surface area contributed by atoms with Crippen molar-refractivity contribution in [3.05, 3.63) is 53.9 Å². The molecule has 3 aromatic rings. The molecule has 0 spiro atoms. The van der Waals surface area contributed by atoms with Gasteiger partial charge in [0.05, 0.1) is 19.1 Å². The smallest absolute Gasteiger partial charge is 0.254 e. The summed E-state index contributed by atoms with van der Waals surface area (Å²) in [6, 6.07) is 12.6. The maximum atomic E-state index is 13.3. The molecule has 1 saturated heterocycles. The number of benzene rings is 2. The van der Waals surface area contributed by atoms with Crippen LogP contribution in [0.4, 0.5) is 5.69 Å². The Hall–Kier alpha value is -3.88. The van der Waals surface area contributed by atoms with Gasteiger partial charge in [0.2, 0.25) is 17.6 Å². The van der Waals surface area contributed by atoms with Crippen LogP contribution in [0, 0.1) is 0 Å². The van der Waals surface area contributed by atoms with E-state index in [1.54, 1.807) is 30.3 Å². The minimum absolute atomic E-state index is 0.0401. The molecule has 1 aromatic heterocycles. The standard InChI is InChI=1S/C26H30N4O5/c1-4-33-22-13-10-19(15-23(22)34-5-2)26(32)30-14-6-7-20(16-30)25-28-24(29-35-25)18-8-11-21(12-9-18)27-17(3)31/h8-13,15,20H,4-7,14,16H2,1-3H3,(H,27,31)/t20-/m0/s1. The summed E-state index contributed by atoms with van der Waals surface area (Å²) in [7, 11) is 0. The van der Waals surface area contributed by atoms with Crippen LogP contribution in [-0.4, -0.2) is 53.2 Å². The van der Waals surface area contributed by atoms with Crippen molar-refractivity contribution in [3.63, 3.8) is 0 Å². The first kappa shape index (κ1) is 24.3. The van der Waals surface area contributed by atoms with Gasteiger partial charge in [-0.05, 0) is 69.2 Å². The van der Waals surface area contributed by atoms with E-state index in [9.17, 15) is 9.59 Å². The van der Waals surface area contributed by atoms with E-state index in [0.717, 1.165) is 18.4 Å². The van der Waals surface area contributed by atoms with Gasteiger partial charge >= 0.3 is 0 Å². The van der Waals surface area contributed by atoms with Crippen LogP contribution in [0.1, 0.15) is 55.8 Å². The van der Waals surface area contributed by atoms with Crippen LogP contribution in [0.5, 0.6) is 11.5 Å². The molecule has 0 aliphatic carbocycles. The van der Waals surface area contributed by atoms with E-state index in [2.05, 4.69) is 15.5 Å². The van der Waals surface area contributed by atoms with Gasteiger partial charge in [0.1, 0.15) is 0 Å².